The molecule has 20 heavy (non-hydrogen) atoms. The Morgan fingerprint density at radius 3 is 2.65 bits per heavy atom. The highest BCUT2D eigenvalue weighted by molar-refractivity contribution is 5.94. The van der Waals surface area contributed by atoms with E-state index in [4.69, 9.17) is 5.73 Å². The summed E-state index contributed by atoms with van der Waals surface area (Å²) in [6.45, 7) is 0.847. The van der Waals surface area contributed by atoms with Gasteiger partial charge in [-0.05, 0) is 57.5 Å². The standard InChI is InChI=1S/C16H25N3O/c1-19(2)11-12-4-3-5-13(10-12)16(20)18-15-8-6-14(17)7-9-15/h3-5,10,14-15H,6-9,11,17H2,1-2H3,(H,18,20). The topological polar surface area (TPSA) is 58.4 Å². The normalized spacial score (nSPS) is 22.8. The van der Waals surface area contributed by atoms with Gasteiger partial charge in [-0.25, -0.2) is 0 Å². The van der Waals surface area contributed by atoms with Crippen molar-refractivity contribution < 1.29 is 4.79 Å². The molecule has 3 N–H and O–H groups in total. The third-order valence-electron chi connectivity index (χ3n) is 3.80. The third kappa shape index (κ3) is 4.32. The highest BCUT2D eigenvalue weighted by atomic mass is 16.1. The number of carbonyl (C=O) groups excluding carboxylic acids is 1. The van der Waals surface area contributed by atoms with Crippen LogP contribution in [0.25, 0.3) is 0 Å². The molecule has 0 heterocycles. The Kier molecular flexibility index (Phi) is 5.15. The Morgan fingerprint density at radius 2 is 2.00 bits per heavy atom. The van der Waals surface area contributed by atoms with Gasteiger partial charge in [-0.3, -0.25) is 4.79 Å². The van der Waals surface area contributed by atoms with Gasteiger partial charge >= 0.3 is 0 Å². The van der Waals surface area contributed by atoms with Crippen molar-refractivity contribution in [3.05, 3.63) is 35.4 Å². The zero-order valence-electron chi connectivity index (χ0n) is 12.4. The smallest absolute Gasteiger partial charge is 0.251 e. The minimum atomic E-state index is 0.0334. The highest BCUT2D eigenvalue weighted by Gasteiger charge is 2.20. The molecule has 0 unspecified atom stereocenters. The summed E-state index contributed by atoms with van der Waals surface area (Å²) in [4.78, 5) is 14.4. The van der Waals surface area contributed by atoms with Crippen LogP contribution in [0.5, 0.6) is 0 Å². The van der Waals surface area contributed by atoms with E-state index < -0.39 is 0 Å². The predicted octanol–water partition coefficient (Wildman–Crippen LogP) is 1.75. The molecule has 0 bridgehead atoms. The van der Waals surface area contributed by atoms with Crippen molar-refractivity contribution in [1.82, 2.24) is 10.2 Å². The van der Waals surface area contributed by atoms with Crippen molar-refractivity contribution >= 4 is 5.91 Å². The molecule has 0 aliphatic heterocycles. The molecule has 0 spiro atoms. The van der Waals surface area contributed by atoms with Crippen molar-refractivity contribution in [3.8, 4) is 0 Å². The van der Waals surface area contributed by atoms with Gasteiger partial charge in [0.2, 0.25) is 0 Å². The summed E-state index contributed by atoms with van der Waals surface area (Å²) in [6.07, 6.45) is 3.99. The summed E-state index contributed by atoms with van der Waals surface area (Å²) in [5, 5.41) is 3.13. The van der Waals surface area contributed by atoms with E-state index in [9.17, 15) is 4.79 Å². The maximum atomic E-state index is 12.3. The molecule has 2 rings (SSSR count). The summed E-state index contributed by atoms with van der Waals surface area (Å²) in [5.41, 5.74) is 7.80. The molecule has 0 atom stereocenters. The van der Waals surface area contributed by atoms with Crippen LogP contribution in [-0.4, -0.2) is 37.0 Å². The van der Waals surface area contributed by atoms with Gasteiger partial charge in [0, 0.05) is 24.2 Å². The molecular formula is C16H25N3O. The molecule has 0 saturated heterocycles. The van der Waals surface area contributed by atoms with Gasteiger partial charge in [0.05, 0.1) is 0 Å². The lowest BCUT2D eigenvalue weighted by Crippen LogP contribution is -2.40. The minimum Gasteiger partial charge on any atom is -0.349 e. The van der Waals surface area contributed by atoms with Gasteiger partial charge < -0.3 is 16.0 Å². The third-order valence-corrected chi connectivity index (χ3v) is 3.80. The van der Waals surface area contributed by atoms with Gasteiger partial charge in [0.25, 0.3) is 5.91 Å². The van der Waals surface area contributed by atoms with Gasteiger partial charge in [0.15, 0.2) is 0 Å². The Balaban J connectivity index is 1.95. The molecule has 4 nitrogen and oxygen atoms in total. The number of nitrogens with zero attached hydrogens (tertiary/aromatic N) is 1. The van der Waals surface area contributed by atoms with Crippen LogP contribution in [0.3, 0.4) is 0 Å². The molecule has 1 saturated carbocycles. The number of nitrogens with two attached hydrogens (primary N) is 1. The lowest BCUT2D eigenvalue weighted by atomic mass is 9.91. The largest absolute Gasteiger partial charge is 0.349 e. The molecule has 1 aromatic carbocycles. The van der Waals surface area contributed by atoms with Gasteiger partial charge in [-0.1, -0.05) is 12.1 Å². The first kappa shape index (κ1) is 15.0. The Bertz CT molecular complexity index is 451. The monoisotopic (exact) mass is 275 g/mol. The van der Waals surface area contributed by atoms with E-state index in [1.54, 1.807) is 0 Å². The fourth-order valence-electron chi connectivity index (χ4n) is 2.71. The van der Waals surface area contributed by atoms with E-state index in [1.807, 2.05) is 32.3 Å². The summed E-state index contributed by atoms with van der Waals surface area (Å²) >= 11 is 0. The molecule has 0 radical (unpaired) electrons. The van der Waals surface area contributed by atoms with Crippen LogP contribution in [0.15, 0.2) is 24.3 Å². The van der Waals surface area contributed by atoms with Gasteiger partial charge in [-0.2, -0.15) is 0 Å². The van der Waals surface area contributed by atoms with Crippen LogP contribution in [0.4, 0.5) is 0 Å². The first-order valence-corrected chi connectivity index (χ1v) is 7.34. The Labute approximate surface area is 121 Å². The van der Waals surface area contributed by atoms with Gasteiger partial charge in [-0.15, -0.1) is 0 Å². The first-order valence-electron chi connectivity index (χ1n) is 7.34. The second kappa shape index (κ2) is 6.86. The van der Waals surface area contributed by atoms with Crippen LogP contribution in [0, 0.1) is 0 Å². The molecule has 1 amide bonds. The van der Waals surface area contributed by atoms with Gasteiger partial charge in [0.1, 0.15) is 0 Å². The number of hydrogen-bond donors (Lipinski definition) is 2. The summed E-state index contributed by atoms with van der Waals surface area (Å²) in [7, 11) is 4.05. The molecule has 1 fully saturated rings. The SMILES string of the molecule is CN(C)Cc1cccc(C(=O)NC2CCC(N)CC2)c1. The lowest BCUT2D eigenvalue weighted by molar-refractivity contribution is 0.0925. The van der Waals surface area contributed by atoms with Crippen molar-refractivity contribution in [1.29, 1.82) is 0 Å². The second-order valence-electron chi connectivity index (χ2n) is 6.02. The Hall–Kier alpha value is -1.39. The lowest BCUT2D eigenvalue weighted by Gasteiger charge is -2.26. The van der Waals surface area contributed by atoms with E-state index in [-0.39, 0.29) is 11.9 Å². The van der Waals surface area contributed by atoms with Crippen LogP contribution in [0.1, 0.15) is 41.6 Å². The van der Waals surface area contributed by atoms with Crippen molar-refractivity contribution in [2.45, 2.75) is 44.3 Å². The second-order valence-corrected chi connectivity index (χ2v) is 6.02. The summed E-state index contributed by atoms with van der Waals surface area (Å²) in [6, 6.07) is 8.44. The van der Waals surface area contributed by atoms with E-state index in [2.05, 4.69) is 16.3 Å². The predicted molar refractivity (Wildman–Crippen MR) is 81.5 cm³/mol. The molecule has 4 heteroatoms. The number of carbonyl (C=O) groups is 1. The molecule has 0 aromatic heterocycles. The first-order chi connectivity index (χ1) is 9.54. The Morgan fingerprint density at radius 1 is 1.30 bits per heavy atom. The quantitative estimate of drug-likeness (QED) is 0.880. The highest BCUT2D eigenvalue weighted by Crippen LogP contribution is 2.17. The maximum Gasteiger partial charge on any atom is 0.251 e. The van der Waals surface area contributed by atoms with E-state index >= 15 is 0 Å². The van der Waals surface area contributed by atoms with Crippen molar-refractivity contribution in [2.75, 3.05) is 14.1 Å². The average Bonchev–Trinajstić information content (AvgIpc) is 2.41. The minimum absolute atomic E-state index is 0.0334. The van der Waals surface area contributed by atoms with E-state index in [1.165, 1.54) is 0 Å². The maximum absolute atomic E-state index is 12.3. The zero-order valence-corrected chi connectivity index (χ0v) is 12.4. The number of nitrogens with one attached hydrogen (secondary N) is 1. The average molecular weight is 275 g/mol. The molecule has 1 aliphatic carbocycles. The van der Waals surface area contributed by atoms with Crippen LogP contribution >= 0.6 is 0 Å². The number of amides is 1. The number of benzene rings is 1. The van der Waals surface area contributed by atoms with E-state index in [0.717, 1.165) is 43.4 Å². The van der Waals surface area contributed by atoms with Crippen LogP contribution in [-0.2, 0) is 6.54 Å². The zero-order chi connectivity index (χ0) is 14.5. The fraction of sp³-hybridized carbons (Fsp3) is 0.562. The molecule has 1 aliphatic rings. The van der Waals surface area contributed by atoms with Crippen LogP contribution in [0.2, 0.25) is 0 Å². The summed E-state index contributed by atoms with van der Waals surface area (Å²) in [5.74, 6) is 0.0334. The van der Waals surface area contributed by atoms with Crippen LogP contribution < -0.4 is 11.1 Å². The molecule has 1 aromatic rings. The molecular weight excluding hydrogens is 250 g/mol. The van der Waals surface area contributed by atoms with Crippen molar-refractivity contribution in [2.24, 2.45) is 5.73 Å². The summed E-state index contributed by atoms with van der Waals surface area (Å²) < 4.78 is 0. The number of hydrogen-bond acceptors (Lipinski definition) is 3. The fourth-order valence-corrected chi connectivity index (χ4v) is 2.71. The number of rotatable bonds is 4. The van der Waals surface area contributed by atoms with E-state index in [0.29, 0.717) is 6.04 Å². The van der Waals surface area contributed by atoms with Crippen molar-refractivity contribution in [3.63, 3.8) is 0 Å². The molecule has 110 valence electrons.